The van der Waals surface area contributed by atoms with Gasteiger partial charge in [-0.05, 0) is 42.8 Å². The first-order chi connectivity index (χ1) is 11.0. The SMILES string of the molecule is C=CCOc1ccc(C(=O)Nc2cc(Cl)ccc2C)cc1OC. The largest absolute Gasteiger partial charge is 0.493 e. The minimum atomic E-state index is -0.246. The van der Waals surface area contributed by atoms with Crippen LogP contribution in [0.15, 0.2) is 49.1 Å². The number of carbonyl (C=O) groups is 1. The zero-order valence-electron chi connectivity index (χ0n) is 13.1. The van der Waals surface area contributed by atoms with Gasteiger partial charge in [-0.3, -0.25) is 4.79 Å². The Kier molecular flexibility index (Phi) is 5.66. The molecular formula is C18H18ClNO3. The van der Waals surface area contributed by atoms with Crippen molar-refractivity contribution in [1.82, 2.24) is 0 Å². The summed E-state index contributed by atoms with van der Waals surface area (Å²) in [5.41, 5.74) is 2.07. The quantitative estimate of drug-likeness (QED) is 0.794. The molecule has 1 amide bonds. The Labute approximate surface area is 140 Å². The van der Waals surface area contributed by atoms with Crippen LogP contribution in [-0.4, -0.2) is 19.6 Å². The molecule has 0 aliphatic carbocycles. The molecule has 0 aliphatic heterocycles. The van der Waals surface area contributed by atoms with Gasteiger partial charge in [0.1, 0.15) is 6.61 Å². The van der Waals surface area contributed by atoms with Gasteiger partial charge in [-0.15, -0.1) is 0 Å². The van der Waals surface area contributed by atoms with Crippen LogP contribution in [-0.2, 0) is 0 Å². The first-order valence-electron chi connectivity index (χ1n) is 7.04. The van der Waals surface area contributed by atoms with E-state index in [-0.39, 0.29) is 5.91 Å². The van der Waals surface area contributed by atoms with E-state index in [0.29, 0.717) is 34.4 Å². The van der Waals surface area contributed by atoms with Gasteiger partial charge in [0.15, 0.2) is 11.5 Å². The highest BCUT2D eigenvalue weighted by atomic mass is 35.5. The Morgan fingerprint density at radius 3 is 2.74 bits per heavy atom. The van der Waals surface area contributed by atoms with Crippen molar-refractivity contribution in [2.75, 3.05) is 19.0 Å². The standard InChI is InChI=1S/C18H18ClNO3/c1-4-9-23-16-8-6-13(10-17(16)22-3)18(21)20-15-11-14(19)7-5-12(15)2/h4-8,10-11H,1,9H2,2-3H3,(H,20,21). The van der Waals surface area contributed by atoms with Crippen molar-refractivity contribution in [2.24, 2.45) is 0 Å². The van der Waals surface area contributed by atoms with Crippen molar-refractivity contribution >= 4 is 23.2 Å². The average molecular weight is 332 g/mol. The van der Waals surface area contributed by atoms with Crippen molar-refractivity contribution in [2.45, 2.75) is 6.92 Å². The molecule has 0 aliphatic rings. The predicted octanol–water partition coefficient (Wildman–Crippen LogP) is 4.47. The molecule has 0 saturated heterocycles. The minimum absolute atomic E-state index is 0.246. The number of nitrogens with one attached hydrogen (secondary N) is 1. The van der Waals surface area contributed by atoms with E-state index >= 15 is 0 Å². The molecule has 0 unspecified atom stereocenters. The Hall–Kier alpha value is -2.46. The zero-order chi connectivity index (χ0) is 16.8. The third-order valence-corrected chi connectivity index (χ3v) is 3.47. The number of rotatable bonds is 6. The highest BCUT2D eigenvalue weighted by Gasteiger charge is 2.12. The maximum absolute atomic E-state index is 12.4. The molecule has 0 radical (unpaired) electrons. The molecule has 0 heterocycles. The lowest BCUT2D eigenvalue weighted by molar-refractivity contribution is 0.102. The fourth-order valence-electron chi connectivity index (χ4n) is 2.00. The van der Waals surface area contributed by atoms with Crippen LogP contribution in [0.3, 0.4) is 0 Å². The van der Waals surface area contributed by atoms with E-state index in [4.69, 9.17) is 21.1 Å². The van der Waals surface area contributed by atoms with Crippen LogP contribution < -0.4 is 14.8 Å². The van der Waals surface area contributed by atoms with Gasteiger partial charge in [-0.25, -0.2) is 0 Å². The Balaban J connectivity index is 2.22. The van der Waals surface area contributed by atoms with Gasteiger partial charge in [-0.2, -0.15) is 0 Å². The van der Waals surface area contributed by atoms with E-state index in [1.54, 1.807) is 36.4 Å². The number of halogens is 1. The molecule has 0 saturated carbocycles. The van der Waals surface area contributed by atoms with Gasteiger partial charge in [0.05, 0.1) is 7.11 Å². The summed E-state index contributed by atoms with van der Waals surface area (Å²) in [6.45, 7) is 5.86. The van der Waals surface area contributed by atoms with E-state index in [1.807, 2.05) is 13.0 Å². The van der Waals surface area contributed by atoms with Crippen LogP contribution in [0.5, 0.6) is 11.5 Å². The Bertz CT molecular complexity index is 728. The molecule has 0 atom stereocenters. The highest BCUT2D eigenvalue weighted by Crippen LogP contribution is 2.29. The van der Waals surface area contributed by atoms with E-state index < -0.39 is 0 Å². The van der Waals surface area contributed by atoms with Gasteiger partial charge >= 0.3 is 0 Å². The molecule has 4 nitrogen and oxygen atoms in total. The number of hydrogen-bond donors (Lipinski definition) is 1. The number of benzene rings is 2. The van der Waals surface area contributed by atoms with Crippen LogP contribution in [0.4, 0.5) is 5.69 Å². The number of anilines is 1. The number of aryl methyl sites for hydroxylation is 1. The lowest BCUT2D eigenvalue weighted by atomic mass is 10.1. The van der Waals surface area contributed by atoms with Gasteiger partial charge < -0.3 is 14.8 Å². The predicted molar refractivity (Wildman–Crippen MR) is 92.8 cm³/mol. The molecule has 2 aromatic carbocycles. The topological polar surface area (TPSA) is 47.6 Å². The summed E-state index contributed by atoms with van der Waals surface area (Å²) in [5.74, 6) is 0.800. The first kappa shape index (κ1) is 16.9. The summed E-state index contributed by atoms with van der Waals surface area (Å²) >= 11 is 5.97. The maximum atomic E-state index is 12.4. The lowest BCUT2D eigenvalue weighted by Gasteiger charge is -2.12. The van der Waals surface area contributed by atoms with E-state index in [2.05, 4.69) is 11.9 Å². The molecular weight excluding hydrogens is 314 g/mol. The third-order valence-electron chi connectivity index (χ3n) is 3.23. The average Bonchev–Trinajstić information content (AvgIpc) is 2.56. The summed E-state index contributed by atoms with van der Waals surface area (Å²) in [6.07, 6.45) is 1.64. The lowest BCUT2D eigenvalue weighted by Crippen LogP contribution is -2.13. The van der Waals surface area contributed by atoms with E-state index in [0.717, 1.165) is 5.56 Å². The molecule has 1 N–H and O–H groups in total. The van der Waals surface area contributed by atoms with Gasteiger partial charge in [0.25, 0.3) is 5.91 Å². The van der Waals surface area contributed by atoms with Crippen LogP contribution in [0, 0.1) is 6.92 Å². The summed E-state index contributed by atoms with van der Waals surface area (Å²) in [5, 5.41) is 3.41. The van der Waals surface area contributed by atoms with Crippen molar-refractivity contribution in [3.05, 3.63) is 65.2 Å². The second kappa shape index (κ2) is 7.70. The van der Waals surface area contributed by atoms with Gasteiger partial charge in [0.2, 0.25) is 0 Å². The van der Waals surface area contributed by atoms with Crippen LogP contribution in [0.2, 0.25) is 5.02 Å². The van der Waals surface area contributed by atoms with Crippen molar-refractivity contribution < 1.29 is 14.3 Å². The normalized spacial score (nSPS) is 10.0. The van der Waals surface area contributed by atoms with E-state index in [1.165, 1.54) is 7.11 Å². The van der Waals surface area contributed by atoms with E-state index in [9.17, 15) is 4.79 Å². The molecule has 0 bridgehead atoms. The summed E-state index contributed by atoms with van der Waals surface area (Å²) in [7, 11) is 1.53. The number of ether oxygens (including phenoxy) is 2. The molecule has 5 heteroatoms. The van der Waals surface area contributed by atoms with Crippen molar-refractivity contribution in [3.8, 4) is 11.5 Å². The molecule has 0 spiro atoms. The van der Waals surface area contributed by atoms with Gasteiger partial charge in [0, 0.05) is 16.3 Å². The summed E-state index contributed by atoms with van der Waals surface area (Å²) < 4.78 is 10.7. The number of amides is 1. The molecule has 2 rings (SSSR count). The van der Waals surface area contributed by atoms with Gasteiger partial charge in [-0.1, -0.05) is 30.3 Å². The molecule has 23 heavy (non-hydrogen) atoms. The Morgan fingerprint density at radius 1 is 1.26 bits per heavy atom. The minimum Gasteiger partial charge on any atom is -0.493 e. The number of carbonyl (C=O) groups excluding carboxylic acids is 1. The highest BCUT2D eigenvalue weighted by molar-refractivity contribution is 6.31. The molecule has 0 fully saturated rings. The fraction of sp³-hybridized carbons (Fsp3) is 0.167. The smallest absolute Gasteiger partial charge is 0.255 e. The zero-order valence-corrected chi connectivity index (χ0v) is 13.8. The number of methoxy groups -OCH3 is 1. The second-order valence-electron chi connectivity index (χ2n) is 4.88. The number of hydrogen-bond acceptors (Lipinski definition) is 3. The van der Waals surface area contributed by atoms with Crippen molar-refractivity contribution in [1.29, 1.82) is 0 Å². The Morgan fingerprint density at radius 2 is 2.04 bits per heavy atom. The summed E-state index contributed by atoms with van der Waals surface area (Å²) in [4.78, 5) is 12.4. The molecule has 120 valence electrons. The second-order valence-corrected chi connectivity index (χ2v) is 5.32. The van der Waals surface area contributed by atoms with Crippen LogP contribution in [0.1, 0.15) is 15.9 Å². The third kappa shape index (κ3) is 4.27. The monoisotopic (exact) mass is 331 g/mol. The summed E-state index contributed by atoms with van der Waals surface area (Å²) in [6, 6.07) is 10.4. The fourth-order valence-corrected chi connectivity index (χ4v) is 2.17. The first-order valence-corrected chi connectivity index (χ1v) is 7.42. The van der Waals surface area contributed by atoms with Crippen molar-refractivity contribution in [3.63, 3.8) is 0 Å². The molecule has 2 aromatic rings. The van der Waals surface area contributed by atoms with Crippen LogP contribution in [0.25, 0.3) is 0 Å². The molecule has 0 aromatic heterocycles. The van der Waals surface area contributed by atoms with Crippen LogP contribution >= 0.6 is 11.6 Å². The maximum Gasteiger partial charge on any atom is 0.255 e.